The SMILES string of the molecule is CCCOc1ccc(CCC(=O)NCC2NCCc3ccccc32)cc1.Cl. The molecule has 2 N–H and O–H groups in total. The van der Waals surface area contributed by atoms with E-state index < -0.39 is 0 Å². The van der Waals surface area contributed by atoms with Crippen molar-refractivity contribution in [3.8, 4) is 5.75 Å². The molecule has 2 aromatic rings. The first-order chi connectivity index (χ1) is 12.8. The zero-order valence-electron chi connectivity index (χ0n) is 15.9. The minimum absolute atomic E-state index is 0. The van der Waals surface area contributed by atoms with Gasteiger partial charge >= 0.3 is 0 Å². The molecule has 146 valence electrons. The Labute approximate surface area is 168 Å². The monoisotopic (exact) mass is 388 g/mol. The van der Waals surface area contributed by atoms with Gasteiger partial charge in [0.15, 0.2) is 0 Å². The molecule has 0 saturated heterocycles. The van der Waals surface area contributed by atoms with Crippen LogP contribution in [0.5, 0.6) is 5.75 Å². The molecule has 27 heavy (non-hydrogen) atoms. The maximum atomic E-state index is 12.2. The second kappa shape index (κ2) is 11.0. The summed E-state index contributed by atoms with van der Waals surface area (Å²) in [4.78, 5) is 12.2. The molecular weight excluding hydrogens is 360 g/mol. The number of halogens is 1. The van der Waals surface area contributed by atoms with E-state index in [-0.39, 0.29) is 24.4 Å². The Morgan fingerprint density at radius 1 is 1.19 bits per heavy atom. The average Bonchev–Trinajstić information content (AvgIpc) is 2.70. The van der Waals surface area contributed by atoms with Crippen LogP contribution >= 0.6 is 12.4 Å². The van der Waals surface area contributed by atoms with Crippen molar-refractivity contribution < 1.29 is 9.53 Å². The Hall–Kier alpha value is -2.04. The van der Waals surface area contributed by atoms with Gasteiger partial charge in [-0.2, -0.15) is 0 Å². The Morgan fingerprint density at radius 2 is 1.96 bits per heavy atom. The lowest BCUT2D eigenvalue weighted by Gasteiger charge is -2.27. The fourth-order valence-electron chi connectivity index (χ4n) is 3.31. The van der Waals surface area contributed by atoms with Gasteiger partial charge < -0.3 is 15.4 Å². The minimum Gasteiger partial charge on any atom is -0.494 e. The summed E-state index contributed by atoms with van der Waals surface area (Å²) in [6.07, 6.45) is 3.30. The molecule has 0 aromatic heterocycles. The van der Waals surface area contributed by atoms with Gasteiger partial charge in [0.1, 0.15) is 5.75 Å². The summed E-state index contributed by atoms with van der Waals surface area (Å²) in [6.45, 7) is 4.43. The number of hydrogen-bond acceptors (Lipinski definition) is 3. The predicted octanol–water partition coefficient (Wildman–Crippen LogP) is 3.83. The molecule has 0 bridgehead atoms. The lowest BCUT2D eigenvalue weighted by Crippen LogP contribution is -2.38. The number of hydrogen-bond donors (Lipinski definition) is 2. The molecule has 0 spiro atoms. The van der Waals surface area contributed by atoms with Gasteiger partial charge in [0.2, 0.25) is 5.91 Å². The summed E-state index contributed by atoms with van der Waals surface area (Å²) in [5.41, 5.74) is 3.85. The lowest BCUT2D eigenvalue weighted by molar-refractivity contribution is -0.121. The van der Waals surface area contributed by atoms with Crippen LogP contribution in [0.4, 0.5) is 0 Å². The number of carbonyl (C=O) groups excluding carboxylic acids is 1. The van der Waals surface area contributed by atoms with Crippen molar-refractivity contribution >= 4 is 18.3 Å². The van der Waals surface area contributed by atoms with Gasteiger partial charge in [0.05, 0.1) is 6.61 Å². The van der Waals surface area contributed by atoms with Gasteiger partial charge in [-0.15, -0.1) is 12.4 Å². The second-order valence-corrected chi connectivity index (χ2v) is 6.75. The standard InChI is InChI=1S/C22H28N2O2.ClH/c1-2-15-26-19-10-7-17(8-11-19)9-12-22(25)24-16-21-20-6-4-3-5-18(20)13-14-23-21;/h3-8,10-11,21,23H,2,9,12-16H2,1H3,(H,24,25);1H. The van der Waals surface area contributed by atoms with Gasteiger partial charge in [0.25, 0.3) is 0 Å². The first kappa shape index (κ1) is 21.3. The topological polar surface area (TPSA) is 50.4 Å². The van der Waals surface area contributed by atoms with Crippen LogP contribution in [0.1, 0.15) is 42.5 Å². The van der Waals surface area contributed by atoms with Crippen LogP contribution in [-0.4, -0.2) is 25.6 Å². The Balaban J connectivity index is 0.00000261. The first-order valence-electron chi connectivity index (χ1n) is 9.56. The van der Waals surface area contributed by atoms with Crippen molar-refractivity contribution in [3.05, 3.63) is 65.2 Å². The average molecular weight is 389 g/mol. The fourth-order valence-corrected chi connectivity index (χ4v) is 3.31. The lowest BCUT2D eigenvalue weighted by atomic mass is 9.94. The molecule has 1 heterocycles. The minimum atomic E-state index is 0. The summed E-state index contributed by atoms with van der Waals surface area (Å²) in [6, 6.07) is 16.7. The van der Waals surface area contributed by atoms with Crippen molar-refractivity contribution in [3.63, 3.8) is 0 Å². The molecule has 3 rings (SSSR count). The zero-order chi connectivity index (χ0) is 18.2. The van der Waals surface area contributed by atoms with Crippen LogP contribution in [-0.2, 0) is 17.6 Å². The number of amides is 1. The highest BCUT2D eigenvalue weighted by molar-refractivity contribution is 5.85. The summed E-state index contributed by atoms with van der Waals surface area (Å²) in [7, 11) is 0. The molecule has 1 aliphatic rings. The van der Waals surface area contributed by atoms with Crippen LogP contribution in [0.2, 0.25) is 0 Å². The largest absolute Gasteiger partial charge is 0.494 e. The molecular formula is C22H29ClN2O2. The summed E-state index contributed by atoms with van der Waals surface area (Å²) >= 11 is 0. The van der Waals surface area contributed by atoms with Crippen molar-refractivity contribution in [1.82, 2.24) is 10.6 Å². The number of aryl methyl sites for hydroxylation is 1. The number of ether oxygens (including phenoxy) is 1. The van der Waals surface area contributed by atoms with Gasteiger partial charge in [-0.25, -0.2) is 0 Å². The number of benzene rings is 2. The predicted molar refractivity (Wildman–Crippen MR) is 112 cm³/mol. The number of carbonyl (C=O) groups is 1. The van der Waals surface area contributed by atoms with Crippen LogP contribution in [0, 0.1) is 0 Å². The van der Waals surface area contributed by atoms with Gasteiger partial charge in [-0.05, 0) is 54.6 Å². The molecule has 0 fully saturated rings. The Kier molecular flexibility index (Phi) is 8.62. The molecule has 1 aliphatic heterocycles. The molecule has 0 aliphatic carbocycles. The van der Waals surface area contributed by atoms with Crippen LogP contribution in [0.15, 0.2) is 48.5 Å². The smallest absolute Gasteiger partial charge is 0.220 e. The fraction of sp³-hybridized carbons (Fsp3) is 0.409. The van der Waals surface area contributed by atoms with E-state index in [0.717, 1.165) is 43.7 Å². The van der Waals surface area contributed by atoms with Crippen LogP contribution < -0.4 is 15.4 Å². The van der Waals surface area contributed by atoms with E-state index in [1.165, 1.54) is 11.1 Å². The summed E-state index contributed by atoms with van der Waals surface area (Å²) in [5.74, 6) is 0.989. The van der Waals surface area contributed by atoms with E-state index in [9.17, 15) is 4.79 Å². The van der Waals surface area contributed by atoms with Gasteiger partial charge in [0, 0.05) is 19.0 Å². The van der Waals surface area contributed by atoms with E-state index in [2.05, 4.69) is 41.8 Å². The highest BCUT2D eigenvalue weighted by atomic mass is 35.5. The third-order valence-corrected chi connectivity index (χ3v) is 4.76. The molecule has 5 heteroatoms. The van der Waals surface area contributed by atoms with Gasteiger partial charge in [-0.1, -0.05) is 43.3 Å². The Bertz CT molecular complexity index is 719. The highest BCUT2D eigenvalue weighted by Gasteiger charge is 2.19. The van der Waals surface area contributed by atoms with E-state index in [1.807, 2.05) is 24.3 Å². The van der Waals surface area contributed by atoms with E-state index >= 15 is 0 Å². The third kappa shape index (κ3) is 6.26. The quantitative estimate of drug-likeness (QED) is 0.722. The molecule has 0 radical (unpaired) electrons. The van der Waals surface area contributed by atoms with Crippen molar-refractivity contribution in [1.29, 1.82) is 0 Å². The second-order valence-electron chi connectivity index (χ2n) is 6.75. The van der Waals surface area contributed by atoms with Crippen molar-refractivity contribution in [2.45, 2.75) is 38.6 Å². The van der Waals surface area contributed by atoms with Gasteiger partial charge in [-0.3, -0.25) is 4.79 Å². The summed E-state index contributed by atoms with van der Waals surface area (Å²) < 4.78 is 5.58. The molecule has 1 atom stereocenters. The maximum absolute atomic E-state index is 12.2. The van der Waals surface area contributed by atoms with E-state index in [1.54, 1.807) is 0 Å². The van der Waals surface area contributed by atoms with Crippen molar-refractivity contribution in [2.24, 2.45) is 0 Å². The molecule has 1 amide bonds. The highest BCUT2D eigenvalue weighted by Crippen LogP contribution is 2.21. The zero-order valence-corrected chi connectivity index (χ0v) is 16.7. The first-order valence-corrected chi connectivity index (χ1v) is 9.56. The van der Waals surface area contributed by atoms with E-state index in [0.29, 0.717) is 13.0 Å². The Morgan fingerprint density at radius 3 is 2.74 bits per heavy atom. The number of nitrogens with one attached hydrogen (secondary N) is 2. The van der Waals surface area contributed by atoms with Crippen molar-refractivity contribution in [2.75, 3.05) is 19.7 Å². The normalized spacial score (nSPS) is 15.4. The number of fused-ring (bicyclic) bond motifs is 1. The third-order valence-electron chi connectivity index (χ3n) is 4.76. The van der Waals surface area contributed by atoms with Crippen LogP contribution in [0.25, 0.3) is 0 Å². The molecule has 0 saturated carbocycles. The number of rotatable bonds is 8. The summed E-state index contributed by atoms with van der Waals surface area (Å²) in [5, 5.41) is 6.58. The molecule has 2 aromatic carbocycles. The van der Waals surface area contributed by atoms with Crippen LogP contribution in [0.3, 0.4) is 0 Å². The van der Waals surface area contributed by atoms with E-state index in [4.69, 9.17) is 4.74 Å². The maximum Gasteiger partial charge on any atom is 0.220 e. The molecule has 1 unspecified atom stereocenters. The molecule has 4 nitrogen and oxygen atoms in total.